The van der Waals surface area contributed by atoms with Crippen LogP contribution in [0.1, 0.15) is 36.6 Å². The number of nitrogens with zero attached hydrogens (tertiary/aromatic N) is 1. The minimum atomic E-state index is -0.664. The lowest BCUT2D eigenvalue weighted by Crippen LogP contribution is -2.25. The molecule has 122 valence electrons. The van der Waals surface area contributed by atoms with Gasteiger partial charge in [0.05, 0.1) is 29.5 Å². The molecule has 0 atom stereocenters. The molecule has 1 aromatic carbocycles. The van der Waals surface area contributed by atoms with Gasteiger partial charge in [-0.05, 0) is 24.6 Å². The number of hydrogen-bond acceptors (Lipinski definition) is 6. The van der Waals surface area contributed by atoms with Gasteiger partial charge in [0, 0.05) is 6.07 Å². The molecule has 0 spiro atoms. The van der Waals surface area contributed by atoms with Crippen molar-refractivity contribution < 1.29 is 19.1 Å². The fourth-order valence-electron chi connectivity index (χ4n) is 2.72. The largest absolute Gasteiger partial charge is 0.465 e. The summed E-state index contributed by atoms with van der Waals surface area (Å²) < 4.78 is 5.80. The maximum atomic E-state index is 12.4. The van der Waals surface area contributed by atoms with E-state index < -0.39 is 23.3 Å². The third-order valence-electron chi connectivity index (χ3n) is 3.90. The molecule has 2 amide bonds. The van der Waals surface area contributed by atoms with Gasteiger partial charge in [-0.1, -0.05) is 6.07 Å². The Labute approximate surface area is 135 Å². The summed E-state index contributed by atoms with van der Waals surface area (Å²) in [7, 11) is 1.25. The molecule has 0 aliphatic carbocycles. The molecule has 0 saturated carbocycles. The average molecular weight is 327 g/mol. The number of carbonyl (C=O) groups is 3. The molecule has 2 heterocycles. The molecule has 3 rings (SSSR count). The number of nitrogens with one attached hydrogen (secondary N) is 1. The molecule has 2 aromatic rings. The normalized spacial score (nSPS) is 12.8. The second kappa shape index (κ2) is 5.34. The zero-order valence-electron chi connectivity index (χ0n) is 12.9. The van der Waals surface area contributed by atoms with Gasteiger partial charge in [-0.2, -0.15) is 0 Å². The zero-order valence-corrected chi connectivity index (χ0v) is 12.9. The first-order valence-corrected chi connectivity index (χ1v) is 6.96. The van der Waals surface area contributed by atoms with Crippen molar-refractivity contribution in [3.63, 3.8) is 0 Å². The number of esters is 1. The monoisotopic (exact) mass is 327 g/mol. The number of pyridine rings is 1. The number of ether oxygens (including phenoxy) is 1. The number of rotatable bonds is 2. The maximum absolute atomic E-state index is 12.4. The van der Waals surface area contributed by atoms with Crippen molar-refractivity contribution in [2.24, 2.45) is 0 Å². The van der Waals surface area contributed by atoms with Gasteiger partial charge in [-0.3, -0.25) is 24.3 Å². The van der Waals surface area contributed by atoms with E-state index >= 15 is 0 Å². The summed E-state index contributed by atoms with van der Waals surface area (Å²) in [5.41, 5.74) is 6.35. The Morgan fingerprint density at radius 1 is 1.21 bits per heavy atom. The molecule has 1 aliphatic rings. The van der Waals surface area contributed by atoms with Gasteiger partial charge < -0.3 is 10.5 Å². The predicted octanol–water partition coefficient (Wildman–Crippen LogP) is 0.398. The van der Waals surface area contributed by atoms with Crippen LogP contribution in [0.3, 0.4) is 0 Å². The Balaban J connectivity index is 2.32. The summed E-state index contributed by atoms with van der Waals surface area (Å²) in [4.78, 5) is 47.8. The number of anilines is 1. The van der Waals surface area contributed by atoms with E-state index in [0.717, 1.165) is 10.6 Å². The summed E-state index contributed by atoms with van der Waals surface area (Å²) in [5, 5.41) is 2.10. The number of hydrogen-bond donors (Lipinski definition) is 2. The van der Waals surface area contributed by atoms with Crippen LogP contribution in [0.15, 0.2) is 29.1 Å². The van der Waals surface area contributed by atoms with Gasteiger partial charge >= 0.3 is 5.97 Å². The number of carbonyl (C=O) groups excluding carboxylic acids is 3. The van der Waals surface area contributed by atoms with Crippen LogP contribution in [-0.2, 0) is 4.74 Å². The van der Waals surface area contributed by atoms with Gasteiger partial charge in [0.15, 0.2) is 0 Å². The fourth-order valence-corrected chi connectivity index (χ4v) is 2.72. The quantitative estimate of drug-likeness (QED) is 0.608. The van der Waals surface area contributed by atoms with E-state index in [9.17, 15) is 19.2 Å². The highest BCUT2D eigenvalue weighted by Gasteiger charge is 2.32. The lowest BCUT2D eigenvalue weighted by Gasteiger charge is -2.15. The van der Waals surface area contributed by atoms with Crippen LogP contribution in [0.4, 0.5) is 5.82 Å². The summed E-state index contributed by atoms with van der Waals surface area (Å²) in [6.45, 7) is 1.63. The van der Waals surface area contributed by atoms with Crippen molar-refractivity contribution in [2.45, 2.75) is 6.92 Å². The highest BCUT2D eigenvalue weighted by molar-refractivity contribution is 6.23. The zero-order chi connectivity index (χ0) is 17.6. The number of nitrogens with two attached hydrogens (primary N) is 1. The van der Waals surface area contributed by atoms with Gasteiger partial charge in [-0.25, -0.2) is 4.79 Å². The third-order valence-corrected chi connectivity index (χ3v) is 3.90. The van der Waals surface area contributed by atoms with E-state index in [1.54, 1.807) is 25.1 Å². The summed E-state index contributed by atoms with van der Waals surface area (Å²) >= 11 is 0. The smallest absolute Gasteiger partial charge is 0.338 e. The Kier molecular flexibility index (Phi) is 3.44. The van der Waals surface area contributed by atoms with Crippen molar-refractivity contribution in [1.82, 2.24) is 9.88 Å². The molecule has 24 heavy (non-hydrogen) atoms. The molecule has 1 aromatic heterocycles. The standard InChI is InChI=1S/C16H13N3O5/c1-7-8(16(23)24-2)4-3-5-10(7)19-11(20)6-9-12(13(19)17)15(22)18-14(9)21/h3-6H,17H2,1-2H3,(H,18,21,22). The number of imide groups is 1. The Bertz CT molecular complexity index is 974. The van der Waals surface area contributed by atoms with Crippen molar-refractivity contribution >= 4 is 23.6 Å². The average Bonchev–Trinajstić information content (AvgIpc) is 2.82. The number of methoxy groups -OCH3 is 1. The molecule has 0 saturated heterocycles. The second-order valence-electron chi connectivity index (χ2n) is 5.22. The first-order chi connectivity index (χ1) is 11.4. The van der Waals surface area contributed by atoms with E-state index in [1.165, 1.54) is 7.11 Å². The molecule has 0 radical (unpaired) electrons. The van der Waals surface area contributed by atoms with E-state index in [0.29, 0.717) is 11.3 Å². The molecule has 0 unspecified atom stereocenters. The first-order valence-electron chi connectivity index (χ1n) is 6.96. The van der Waals surface area contributed by atoms with Crippen LogP contribution in [0, 0.1) is 6.92 Å². The SMILES string of the molecule is COC(=O)c1cccc(-n2c(N)c3c(cc2=O)C(=O)NC3=O)c1C. The highest BCUT2D eigenvalue weighted by atomic mass is 16.5. The third kappa shape index (κ3) is 2.08. The van der Waals surface area contributed by atoms with E-state index in [1.807, 2.05) is 0 Å². The summed E-state index contributed by atoms with van der Waals surface area (Å²) in [5.74, 6) is -2.05. The molecule has 0 fully saturated rings. The van der Waals surface area contributed by atoms with Gasteiger partial charge in [-0.15, -0.1) is 0 Å². The molecule has 3 N–H and O–H groups in total. The topological polar surface area (TPSA) is 120 Å². The van der Waals surface area contributed by atoms with Crippen LogP contribution in [-0.4, -0.2) is 29.5 Å². The van der Waals surface area contributed by atoms with Crippen molar-refractivity contribution in [3.05, 3.63) is 56.9 Å². The van der Waals surface area contributed by atoms with Crippen LogP contribution >= 0.6 is 0 Å². The number of benzene rings is 1. The summed E-state index contributed by atoms with van der Waals surface area (Å²) in [6, 6.07) is 5.76. The molecule has 1 aliphatic heterocycles. The number of nitrogen functional groups attached to an aromatic ring is 1. The van der Waals surface area contributed by atoms with E-state index in [-0.39, 0.29) is 22.5 Å². The number of aromatic nitrogens is 1. The van der Waals surface area contributed by atoms with Crippen molar-refractivity contribution in [2.75, 3.05) is 12.8 Å². The van der Waals surface area contributed by atoms with Crippen LogP contribution in [0.2, 0.25) is 0 Å². The molecular formula is C16H13N3O5. The van der Waals surface area contributed by atoms with Crippen LogP contribution < -0.4 is 16.6 Å². The fraction of sp³-hybridized carbons (Fsp3) is 0.125. The van der Waals surface area contributed by atoms with Crippen molar-refractivity contribution in [3.8, 4) is 5.69 Å². The Morgan fingerprint density at radius 2 is 1.92 bits per heavy atom. The van der Waals surface area contributed by atoms with Gasteiger partial charge in [0.2, 0.25) is 0 Å². The maximum Gasteiger partial charge on any atom is 0.338 e. The van der Waals surface area contributed by atoms with Crippen molar-refractivity contribution in [1.29, 1.82) is 0 Å². The summed E-state index contributed by atoms with van der Waals surface area (Å²) in [6.07, 6.45) is 0. The molecule has 8 nitrogen and oxygen atoms in total. The number of fused-ring (bicyclic) bond motifs is 1. The second-order valence-corrected chi connectivity index (χ2v) is 5.22. The molecule has 8 heteroatoms. The highest BCUT2D eigenvalue weighted by Crippen LogP contribution is 2.25. The molecule has 0 bridgehead atoms. The van der Waals surface area contributed by atoms with Crippen LogP contribution in [0.5, 0.6) is 0 Å². The molecular weight excluding hydrogens is 314 g/mol. The van der Waals surface area contributed by atoms with Crippen LogP contribution in [0.25, 0.3) is 5.69 Å². The number of amides is 2. The Hall–Kier alpha value is -3.42. The minimum absolute atomic E-state index is 0.0533. The predicted molar refractivity (Wildman–Crippen MR) is 84.3 cm³/mol. The first kappa shape index (κ1) is 15.5. The lowest BCUT2D eigenvalue weighted by molar-refractivity contribution is 0.0599. The minimum Gasteiger partial charge on any atom is -0.465 e. The van der Waals surface area contributed by atoms with E-state index in [4.69, 9.17) is 10.5 Å². The van der Waals surface area contributed by atoms with E-state index in [2.05, 4.69) is 5.32 Å². The Morgan fingerprint density at radius 3 is 2.58 bits per heavy atom. The van der Waals surface area contributed by atoms with Gasteiger partial charge in [0.25, 0.3) is 17.4 Å². The van der Waals surface area contributed by atoms with Gasteiger partial charge in [0.1, 0.15) is 5.82 Å². The lowest BCUT2D eigenvalue weighted by atomic mass is 10.1.